The normalized spacial score (nSPS) is 28.2. The highest BCUT2D eigenvalue weighted by atomic mass is 79.9. The van der Waals surface area contributed by atoms with Gasteiger partial charge in [0.1, 0.15) is 0 Å². The molecule has 0 bridgehead atoms. The van der Waals surface area contributed by atoms with Crippen molar-refractivity contribution in [1.29, 1.82) is 0 Å². The zero-order valence-electron chi connectivity index (χ0n) is 10.9. The van der Waals surface area contributed by atoms with Crippen LogP contribution in [0, 0.1) is 11.3 Å². The molecule has 1 aromatic rings. The van der Waals surface area contributed by atoms with Crippen LogP contribution in [-0.4, -0.2) is 6.04 Å². The van der Waals surface area contributed by atoms with Gasteiger partial charge in [0.2, 0.25) is 0 Å². The summed E-state index contributed by atoms with van der Waals surface area (Å²) in [6, 6.07) is 2.82. The van der Waals surface area contributed by atoms with Crippen molar-refractivity contribution in [2.45, 2.75) is 52.6 Å². The van der Waals surface area contributed by atoms with Gasteiger partial charge in [0.25, 0.3) is 0 Å². The lowest BCUT2D eigenvalue weighted by molar-refractivity contribution is 0.151. The maximum absolute atomic E-state index is 3.73. The molecule has 17 heavy (non-hydrogen) atoms. The molecule has 1 aromatic heterocycles. The van der Waals surface area contributed by atoms with E-state index < -0.39 is 0 Å². The summed E-state index contributed by atoms with van der Waals surface area (Å²) in [6.07, 6.45) is 4.00. The van der Waals surface area contributed by atoms with Gasteiger partial charge in [0.15, 0.2) is 0 Å². The van der Waals surface area contributed by atoms with E-state index in [1.54, 1.807) is 0 Å². The molecule has 1 aliphatic carbocycles. The van der Waals surface area contributed by atoms with Gasteiger partial charge in [-0.05, 0) is 58.0 Å². The van der Waals surface area contributed by atoms with Crippen LogP contribution in [0.2, 0.25) is 0 Å². The van der Waals surface area contributed by atoms with Crippen LogP contribution in [0.1, 0.15) is 44.9 Å². The van der Waals surface area contributed by atoms with Crippen molar-refractivity contribution in [3.05, 3.63) is 20.8 Å². The highest BCUT2D eigenvalue weighted by molar-refractivity contribution is 9.10. The Kier molecular flexibility index (Phi) is 4.32. The third-order valence-electron chi connectivity index (χ3n) is 3.63. The van der Waals surface area contributed by atoms with E-state index in [9.17, 15) is 0 Å². The lowest BCUT2D eigenvalue weighted by Gasteiger charge is -2.39. The zero-order chi connectivity index (χ0) is 12.5. The first-order chi connectivity index (χ1) is 7.96. The minimum Gasteiger partial charge on any atom is -0.309 e. The second-order valence-electron chi connectivity index (χ2n) is 6.18. The van der Waals surface area contributed by atoms with E-state index in [1.807, 2.05) is 11.3 Å². The highest BCUT2D eigenvalue weighted by Gasteiger charge is 2.31. The summed E-state index contributed by atoms with van der Waals surface area (Å²) >= 11 is 5.43. The Bertz CT molecular complexity index is 372. The summed E-state index contributed by atoms with van der Waals surface area (Å²) < 4.78 is 1.25. The van der Waals surface area contributed by atoms with E-state index in [4.69, 9.17) is 0 Å². The van der Waals surface area contributed by atoms with E-state index in [-0.39, 0.29) is 0 Å². The molecular weight excluding hydrogens is 294 g/mol. The molecular formula is C14H22BrNS. The van der Waals surface area contributed by atoms with E-state index in [1.165, 1.54) is 28.6 Å². The Morgan fingerprint density at radius 3 is 2.82 bits per heavy atom. The Morgan fingerprint density at radius 1 is 1.47 bits per heavy atom. The van der Waals surface area contributed by atoms with Gasteiger partial charge in [-0.1, -0.05) is 20.8 Å². The van der Waals surface area contributed by atoms with Crippen molar-refractivity contribution in [2.75, 3.05) is 0 Å². The number of nitrogens with one attached hydrogen (secondary N) is 1. The molecule has 2 rings (SSSR count). The Labute approximate surface area is 117 Å². The van der Waals surface area contributed by atoms with Crippen molar-refractivity contribution in [3.63, 3.8) is 0 Å². The fraction of sp³-hybridized carbons (Fsp3) is 0.714. The second-order valence-corrected chi connectivity index (χ2v) is 8.04. The van der Waals surface area contributed by atoms with Gasteiger partial charge < -0.3 is 5.32 Å². The van der Waals surface area contributed by atoms with Crippen LogP contribution < -0.4 is 5.32 Å². The minimum atomic E-state index is 0.502. The summed E-state index contributed by atoms with van der Waals surface area (Å²) in [6.45, 7) is 8.19. The van der Waals surface area contributed by atoms with Crippen LogP contribution in [0.5, 0.6) is 0 Å². The fourth-order valence-corrected chi connectivity index (χ4v) is 4.63. The average molecular weight is 316 g/mol. The number of rotatable bonds is 3. The quantitative estimate of drug-likeness (QED) is 0.843. The van der Waals surface area contributed by atoms with Gasteiger partial charge in [-0.3, -0.25) is 0 Å². The average Bonchev–Trinajstić information content (AvgIpc) is 2.58. The Hall–Kier alpha value is 0.140. The molecule has 3 heteroatoms. The van der Waals surface area contributed by atoms with Crippen LogP contribution >= 0.6 is 27.3 Å². The van der Waals surface area contributed by atoms with Gasteiger partial charge in [0.05, 0.1) is 0 Å². The first kappa shape index (κ1) is 13.6. The summed E-state index contributed by atoms with van der Waals surface area (Å²) in [7, 11) is 0. The van der Waals surface area contributed by atoms with Gasteiger partial charge in [-0.15, -0.1) is 11.3 Å². The molecule has 1 heterocycles. The Balaban J connectivity index is 1.89. The standard InChI is InChI=1S/C14H22BrNS/c1-10-6-11(8-14(2,3)7-10)16-9-13-12(15)4-5-17-13/h4-5,10-11,16H,6-9H2,1-3H3. The molecule has 1 saturated carbocycles. The predicted molar refractivity (Wildman–Crippen MR) is 79.4 cm³/mol. The van der Waals surface area contributed by atoms with Crippen molar-refractivity contribution < 1.29 is 0 Å². The van der Waals surface area contributed by atoms with Crippen LogP contribution in [-0.2, 0) is 6.54 Å². The van der Waals surface area contributed by atoms with Gasteiger partial charge in [-0.25, -0.2) is 0 Å². The summed E-state index contributed by atoms with van der Waals surface area (Å²) in [5.74, 6) is 0.850. The largest absolute Gasteiger partial charge is 0.309 e. The van der Waals surface area contributed by atoms with Crippen LogP contribution in [0.3, 0.4) is 0 Å². The van der Waals surface area contributed by atoms with Crippen molar-refractivity contribution in [2.24, 2.45) is 11.3 Å². The molecule has 2 atom stereocenters. The molecule has 1 fully saturated rings. The molecule has 2 unspecified atom stereocenters. The molecule has 0 amide bonds. The number of halogens is 1. The molecule has 1 aliphatic rings. The van der Waals surface area contributed by atoms with Crippen molar-refractivity contribution in [3.8, 4) is 0 Å². The zero-order valence-corrected chi connectivity index (χ0v) is 13.3. The number of thiophene rings is 1. The maximum atomic E-state index is 3.73. The number of hydrogen-bond donors (Lipinski definition) is 1. The van der Waals surface area contributed by atoms with Crippen LogP contribution in [0.15, 0.2) is 15.9 Å². The lowest BCUT2D eigenvalue weighted by Crippen LogP contribution is -2.39. The van der Waals surface area contributed by atoms with E-state index in [2.05, 4.69) is 53.5 Å². The minimum absolute atomic E-state index is 0.502. The van der Waals surface area contributed by atoms with Crippen molar-refractivity contribution >= 4 is 27.3 Å². The van der Waals surface area contributed by atoms with Gasteiger partial charge in [0, 0.05) is 21.9 Å². The van der Waals surface area contributed by atoms with E-state index in [0.717, 1.165) is 12.5 Å². The predicted octanol–water partition coefficient (Wildman–Crippen LogP) is 4.82. The summed E-state index contributed by atoms with van der Waals surface area (Å²) in [5.41, 5.74) is 0.502. The maximum Gasteiger partial charge on any atom is 0.0327 e. The fourth-order valence-electron chi connectivity index (χ4n) is 3.19. The van der Waals surface area contributed by atoms with Crippen LogP contribution in [0.4, 0.5) is 0 Å². The third-order valence-corrected chi connectivity index (χ3v) is 5.56. The number of hydrogen-bond acceptors (Lipinski definition) is 2. The van der Waals surface area contributed by atoms with Gasteiger partial charge >= 0.3 is 0 Å². The monoisotopic (exact) mass is 315 g/mol. The first-order valence-corrected chi connectivity index (χ1v) is 8.09. The Morgan fingerprint density at radius 2 is 2.24 bits per heavy atom. The first-order valence-electron chi connectivity index (χ1n) is 6.41. The third kappa shape index (κ3) is 3.80. The lowest BCUT2D eigenvalue weighted by atomic mass is 9.70. The molecule has 0 spiro atoms. The summed E-state index contributed by atoms with van der Waals surface area (Å²) in [5, 5.41) is 5.88. The summed E-state index contributed by atoms with van der Waals surface area (Å²) in [4.78, 5) is 1.42. The SMILES string of the molecule is CC1CC(NCc2sccc2Br)CC(C)(C)C1. The molecule has 96 valence electrons. The molecule has 0 saturated heterocycles. The molecule has 1 N–H and O–H groups in total. The van der Waals surface area contributed by atoms with E-state index >= 15 is 0 Å². The smallest absolute Gasteiger partial charge is 0.0327 e. The highest BCUT2D eigenvalue weighted by Crippen LogP contribution is 2.38. The van der Waals surface area contributed by atoms with E-state index in [0.29, 0.717) is 11.5 Å². The topological polar surface area (TPSA) is 12.0 Å². The molecule has 1 nitrogen and oxygen atoms in total. The van der Waals surface area contributed by atoms with Crippen LogP contribution in [0.25, 0.3) is 0 Å². The molecule has 0 aromatic carbocycles. The molecule has 0 aliphatic heterocycles. The second kappa shape index (κ2) is 5.41. The molecule has 0 radical (unpaired) electrons. The van der Waals surface area contributed by atoms with Gasteiger partial charge in [-0.2, -0.15) is 0 Å². The van der Waals surface area contributed by atoms with Crippen molar-refractivity contribution in [1.82, 2.24) is 5.32 Å².